The van der Waals surface area contributed by atoms with Crippen LogP contribution in [0.4, 0.5) is 0 Å². The van der Waals surface area contributed by atoms with Crippen molar-refractivity contribution in [2.24, 2.45) is 5.41 Å². The van der Waals surface area contributed by atoms with Gasteiger partial charge in [0.25, 0.3) is 0 Å². The fourth-order valence-electron chi connectivity index (χ4n) is 1.62. The van der Waals surface area contributed by atoms with Gasteiger partial charge < -0.3 is 4.90 Å². The molecule has 1 aliphatic heterocycles. The zero-order chi connectivity index (χ0) is 8.32. The molecule has 0 saturated carbocycles. The Kier molecular flexibility index (Phi) is 2.51. The molecule has 0 spiro atoms. The predicted octanol–water partition coefficient (Wildman–Crippen LogP) is 1.63. The van der Waals surface area contributed by atoms with Gasteiger partial charge >= 0.3 is 0 Å². The van der Waals surface area contributed by atoms with Crippen molar-refractivity contribution in [2.45, 2.75) is 26.7 Å². The number of nitrogens with zero attached hydrogens (tertiary/aromatic N) is 2. The van der Waals surface area contributed by atoms with Crippen LogP contribution in [0.25, 0.3) is 0 Å². The first kappa shape index (κ1) is 8.55. The van der Waals surface area contributed by atoms with E-state index < -0.39 is 0 Å². The summed E-state index contributed by atoms with van der Waals surface area (Å²) < 4.78 is 0. The summed E-state index contributed by atoms with van der Waals surface area (Å²) in [5.74, 6) is 0. The number of rotatable bonds is 2. The molecule has 0 atom stereocenters. The van der Waals surface area contributed by atoms with Crippen LogP contribution in [0.5, 0.6) is 0 Å². The second kappa shape index (κ2) is 3.23. The Hall–Kier alpha value is -0.550. The van der Waals surface area contributed by atoms with Crippen molar-refractivity contribution in [1.29, 1.82) is 5.26 Å². The van der Waals surface area contributed by atoms with Crippen molar-refractivity contribution < 1.29 is 0 Å². The molecule has 1 aliphatic rings. The maximum absolute atomic E-state index is 8.38. The van der Waals surface area contributed by atoms with E-state index in [9.17, 15) is 0 Å². The molecule has 0 aliphatic carbocycles. The molecule has 0 aromatic carbocycles. The molecule has 2 nitrogen and oxygen atoms in total. The topological polar surface area (TPSA) is 27.0 Å². The predicted molar refractivity (Wildman–Crippen MR) is 45.1 cm³/mol. The molecule has 1 saturated heterocycles. The zero-order valence-corrected chi connectivity index (χ0v) is 7.43. The molecular weight excluding hydrogens is 136 g/mol. The lowest BCUT2D eigenvalue weighted by molar-refractivity contribution is 0.296. The lowest BCUT2D eigenvalue weighted by Gasteiger charge is -2.18. The van der Waals surface area contributed by atoms with Crippen LogP contribution in [0, 0.1) is 16.7 Å². The smallest absolute Gasteiger partial charge is 0.0635 e. The second-order valence-electron chi connectivity index (χ2n) is 4.10. The van der Waals surface area contributed by atoms with Crippen LogP contribution < -0.4 is 0 Å². The third-order valence-corrected chi connectivity index (χ3v) is 2.30. The highest BCUT2D eigenvalue weighted by Gasteiger charge is 2.28. The summed E-state index contributed by atoms with van der Waals surface area (Å²) in [6, 6.07) is 2.18. The number of nitriles is 1. The molecule has 0 amide bonds. The zero-order valence-electron chi connectivity index (χ0n) is 7.43. The highest BCUT2D eigenvalue weighted by atomic mass is 15.1. The fourth-order valence-corrected chi connectivity index (χ4v) is 1.62. The molecule has 1 fully saturated rings. The Bertz CT molecular complexity index is 167. The van der Waals surface area contributed by atoms with E-state index in [0.29, 0.717) is 11.8 Å². The third-order valence-electron chi connectivity index (χ3n) is 2.30. The van der Waals surface area contributed by atoms with Gasteiger partial charge in [-0.25, -0.2) is 0 Å². The normalized spacial score (nSPS) is 23.4. The summed E-state index contributed by atoms with van der Waals surface area (Å²) in [6.45, 7) is 7.88. The maximum Gasteiger partial charge on any atom is 0.0635 e. The Morgan fingerprint density at radius 1 is 1.55 bits per heavy atom. The van der Waals surface area contributed by atoms with Crippen LogP contribution in [0.1, 0.15) is 26.7 Å². The molecule has 0 bridgehead atoms. The molecular formula is C9H16N2. The van der Waals surface area contributed by atoms with Gasteiger partial charge in [-0.05, 0) is 18.4 Å². The molecule has 0 N–H and O–H groups in total. The van der Waals surface area contributed by atoms with Crippen LogP contribution in [0.15, 0.2) is 0 Å². The van der Waals surface area contributed by atoms with E-state index in [2.05, 4.69) is 24.8 Å². The molecule has 0 aromatic heterocycles. The third kappa shape index (κ3) is 2.51. The van der Waals surface area contributed by atoms with Gasteiger partial charge in [0, 0.05) is 19.5 Å². The highest BCUT2D eigenvalue weighted by Crippen LogP contribution is 2.28. The van der Waals surface area contributed by atoms with E-state index in [1.165, 1.54) is 13.0 Å². The molecule has 11 heavy (non-hydrogen) atoms. The monoisotopic (exact) mass is 152 g/mol. The van der Waals surface area contributed by atoms with Crippen LogP contribution in [0.2, 0.25) is 0 Å². The Balaban J connectivity index is 2.26. The Morgan fingerprint density at radius 3 is 2.73 bits per heavy atom. The first-order valence-electron chi connectivity index (χ1n) is 4.23. The maximum atomic E-state index is 8.38. The van der Waals surface area contributed by atoms with Crippen molar-refractivity contribution in [1.82, 2.24) is 4.90 Å². The van der Waals surface area contributed by atoms with Gasteiger partial charge in [0.1, 0.15) is 0 Å². The molecule has 62 valence electrons. The van der Waals surface area contributed by atoms with Crippen molar-refractivity contribution in [3.8, 4) is 6.07 Å². The summed E-state index contributed by atoms with van der Waals surface area (Å²) >= 11 is 0. The second-order valence-corrected chi connectivity index (χ2v) is 4.10. The molecule has 2 heteroatoms. The SMILES string of the molecule is CC1(C)CCN(CCC#N)C1. The minimum absolute atomic E-state index is 0.482. The van der Waals surface area contributed by atoms with Crippen LogP contribution in [-0.4, -0.2) is 24.5 Å². The Labute approximate surface area is 68.8 Å². The van der Waals surface area contributed by atoms with Crippen molar-refractivity contribution in [3.63, 3.8) is 0 Å². The molecule has 1 rings (SSSR count). The fraction of sp³-hybridized carbons (Fsp3) is 0.889. The van der Waals surface area contributed by atoms with E-state index >= 15 is 0 Å². The lowest BCUT2D eigenvalue weighted by Crippen LogP contribution is -2.24. The van der Waals surface area contributed by atoms with Gasteiger partial charge in [0.2, 0.25) is 0 Å². The van der Waals surface area contributed by atoms with Gasteiger partial charge in [-0.2, -0.15) is 5.26 Å². The van der Waals surface area contributed by atoms with Gasteiger partial charge in [-0.15, -0.1) is 0 Å². The first-order chi connectivity index (χ1) is 5.14. The molecule has 0 aromatic rings. The first-order valence-corrected chi connectivity index (χ1v) is 4.23. The van der Waals surface area contributed by atoms with Crippen molar-refractivity contribution >= 4 is 0 Å². The van der Waals surface area contributed by atoms with Crippen molar-refractivity contribution in [3.05, 3.63) is 0 Å². The van der Waals surface area contributed by atoms with E-state index in [0.717, 1.165) is 13.1 Å². The summed E-state index contributed by atoms with van der Waals surface area (Å²) in [5.41, 5.74) is 0.482. The van der Waals surface area contributed by atoms with Gasteiger partial charge in [-0.3, -0.25) is 0 Å². The standard InChI is InChI=1S/C9H16N2/c1-9(2)4-7-11(8-9)6-3-5-10/h3-4,6-8H2,1-2H3. The summed E-state index contributed by atoms with van der Waals surface area (Å²) in [6.07, 6.45) is 1.95. The summed E-state index contributed by atoms with van der Waals surface area (Å²) in [7, 11) is 0. The van der Waals surface area contributed by atoms with E-state index in [1.807, 2.05) is 0 Å². The van der Waals surface area contributed by atoms with Crippen molar-refractivity contribution in [2.75, 3.05) is 19.6 Å². The van der Waals surface area contributed by atoms with Gasteiger partial charge in [-0.1, -0.05) is 13.8 Å². The van der Waals surface area contributed by atoms with Crippen LogP contribution in [0.3, 0.4) is 0 Å². The van der Waals surface area contributed by atoms with Crippen LogP contribution >= 0.6 is 0 Å². The van der Waals surface area contributed by atoms with E-state index in [-0.39, 0.29) is 0 Å². The summed E-state index contributed by atoms with van der Waals surface area (Å²) in [5, 5.41) is 8.38. The molecule has 0 radical (unpaired) electrons. The van der Waals surface area contributed by atoms with Crippen LogP contribution in [-0.2, 0) is 0 Å². The minimum atomic E-state index is 0.482. The molecule has 0 unspecified atom stereocenters. The van der Waals surface area contributed by atoms with E-state index in [1.54, 1.807) is 0 Å². The lowest BCUT2D eigenvalue weighted by atomic mass is 9.93. The van der Waals surface area contributed by atoms with Gasteiger partial charge in [0.15, 0.2) is 0 Å². The highest BCUT2D eigenvalue weighted by molar-refractivity contribution is 4.84. The summed E-state index contributed by atoms with van der Waals surface area (Å²) in [4.78, 5) is 2.38. The largest absolute Gasteiger partial charge is 0.302 e. The quantitative estimate of drug-likeness (QED) is 0.601. The minimum Gasteiger partial charge on any atom is -0.302 e. The number of hydrogen-bond acceptors (Lipinski definition) is 2. The average molecular weight is 152 g/mol. The van der Waals surface area contributed by atoms with Gasteiger partial charge in [0.05, 0.1) is 6.07 Å². The Morgan fingerprint density at radius 2 is 2.27 bits per heavy atom. The average Bonchev–Trinajstić information content (AvgIpc) is 2.26. The number of hydrogen-bond donors (Lipinski definition) is 0. The number of likely N-dealkylation sites (tertiary alicyclic amines) is 1. The molecule has 1 heterocycles. The van der Waals surface area contributed by atoms with E-state index in [4.69, 9.17) is 5.26 Å².